The normalized spacial score (nSPS) is 10.6. The van der Waals surface area contributed by atoms with Crippen LogP contribution in [0.5, 0.6) is 0 Å². The minimum Gasteiger partial charge on any atom is -0.399 e. The van der Waals surface area contributed by atoms with Crippen molar-refractivity contribution in [2.75, 3.05) is 5.73 Å². The molecule has 0 spiro atoms. The van der Waals surface area contributed by atoms with Crippen LogP contribution in [-0.2, 0) is 31.1 Å². The van der Waals surface area contributed by atoms with E-state index in [2.05, 4.69) is 12.0 Å². The molecule has 0 saturated carbocycles. The number of carbonyl (C=O) groups excluding carboxylic acids is 1. The van der Waals surface area contributed by atoms with Crippen LogP contribution in [0.2, 0.25) is 0 Å². The number of Topliss-reactive ketones (excluding diaryl/α,β-unsaturated/α-hetero) is 1. The molecule has 0 aliphatic carbocycles. The van der Waals surface area contributed by atoms with Gasteiger partial charge in [-0.15, -0.1) is 0 Å². The number of nitrogen functional groups attached to an aromatic ring is 1. The second-order valence-corrected chi connectivity index (χ2v) is 4.74. The predicted molar refractivity (Wildman–Crippen MR) is 75.9 cm³/mol. The lowest BCUT2D eigenvalue weighted by Gasteiger charge is -2.03. The molecule has 0 radical (unpaired) electrons. The summed E-state index contributed by atoms with van der Waals surface area (Å²) in [5, 5.41) is 4.35. The molecule has 19 heavy (non-hydrogen) atoms. The van der Waals surface area contributed by atoms with Crippen molar-refractivity contribution in [1.82, 2.24) is 9.78 Å². The highest BCUT2D eigenvalue weighted by atomic mass is 16.1. The van der Waals surface area contributed by atoms with E-state index in [9.17, 15) is 4.79 Å². The maximum absolute atomic E-state index is 12.1. The predicted octanol–water partition coefficient (Wildman–Crippen LogP) is 1.92. The Morgan fingerprint density at radius 1 is 1.32 bits per heavy atom. The Bertz CT molecular complexity index is 587. The average molecular weight is 257 g/mol. The number of hydrogen-bond acceptors (Lipinski definition) is 3. The van der Waals surface area contributed by atoms with Gasteiger partial charge in [0.05, 0.1) is 5.69 Å². The van der Waals surface area contributed by atoms with Crippen LogP contribution < -0.4 is 5.73 Å². The zero-order valence-electron chi connectivity index (χ0n) is 11.4. The summed E-state index contributed by atoms with van der Waals surface area (Å²) in [5.41, 5.74) is 9.35. The summed E-state index contributed by atoms with van der Waals surface area (Å²) < 4.78 is 1.79. The van der Waals surface area contributed by atoms with E-state index >= 15 is 0 Å². The number of carbonyl (C=O) groups is 1. The summed E-state index contributed by atoms with van der Waals surface area (Å²) in [6.45, 7) is 2.06. The van der Waals surface area contributed by atoms with E-state index in [1.807, 2.05) is 37.4 Å². The minimum absolute atomic E-state index is 0.177. The van der Waals surface area contributed by atoms with Crippen molar-refractivity contribution < 1.29 is 4.79 Å². The van der Waals surface area contributed by atoms with Crippen molar-refractivity contribution in [2.24, 2.45) is 7.05 Å². The lowest BCUT2D eigenvalue weighted by Crippen LogP contribution is -2.10. The molecule has 0 aliphatic heterocycles. The molecule has 0 amide bonds. The smallest absolute Gasteiger partial charge is 0.143 e. The first kappa shape index (κ1) is 13.3. The monoisotopic (exact) mass is 257 g/mol. The highest BCUT2D eigenvalue weighted by Crippen LogP contribution is 2.10. The second-order valence-electron chi connectivity index (χ2n) is 4.74. The van der Waals surface area contributed by atoms with E-state index < -0.39 is 0 Å². The Kier molecular flexibility index (Phi) is 4.00. The molecule has 0 unspecified atom stereocenters. The molecule has 0 fully saturated rings. The van der Waals surface area contributed by atoms with E-state index in [1.165, 1.54) is 0 Å². The minimum atomic E-state index is 0.177. The molecule has 1 aromatic carbocycles. The van der Waals surface area contributed by atoms with E-state index in [0.29, 0.717) is 18.5 Å². The van der Waals surface area contributed by atoms with Gasteiger partial charge in [-0.1, -0.05) is 19.1 Å². The van der Waals surface area contributed by atoms with Gasteiger partial charge < -0.3 is 5.73 Å². The summed E-state index contributed by atoms with van der Waals surface area (Å²) in [4.78, 5) is 12.1. The molecule has 1 aromatic heterocycles. The molecule has 0 atom stereocenters. The summed E-state index contributed by atoms with van der Waals surface area (Å²) in [7, 11) is 1.88. The van der Waals surface area contributed by atoms with Crippen LogP contribution >= 0.6 is 0 Å². The van der Waals surface area contributed by atoms with Gasteiger partial charge in [-0.25, -0.2) is 0 Å². The molecule has 1 heterocycles. The van der Waals surface area contributed by atoms with Crippen LogP contribution in [0.25, 0.3) is 0 Å². The van der Waals surface area contributed by atoms with E-state index in [4.69, 9.17) is 5.73 Å². The Labute approximate surface area is 113 Å². The van der Waals surface area contributed by atoms with Crippen molar-refractivity contribution in [1.29, 1.82) is 0 Å². The van der Waals surface area contributed by atoms with Gasteiger partial charge >= 0.3 is 0 Å². The second kappa shape index (κ2) is 5.69. The topological polar surface area (TPSA) is 60.9 Å². The number of benzene rings is 1. The van der Waals surface area contributed by atoms with Gasteiger partial charge in [0.1, 0.15) is 5.78 Å². The van der Waals surface area contributed by atoms with Crippen LogP contribution in [0.3, 0.4) is 0 Å². The fourth-order valence-electron chi connectivity index (χ4n) is 2.10. The molecule has 4 heteroatoms. The first-order valence-electron chi connectivity index (χ1n) is 6.46. The first-order chi connectivity index (χ1) is 9.08. The Morgan fingerprint density at radius 3 is 2.74 bits per heavy atom. The number of ketones is 1. The largest absolute Gasteiger partial charge is 0.399 e. The van der Waals surface area contributed by atoms with E-state index in [1.54, 1.807) is 4.68 Å². The summed E-state index contributed by atoms with van der Waals surface area (Å²) in [6, 6.07) is 9.46. The highest BCUT2D eigenvalue weighted by molar-refractivity contribution is 5.83. The van der Waals surface area contributed by atoms with Gasteiger partial charge in [-0.3, -0.25) is 9.48 Å². The van der Waals surface area contributed by atoms with Crippen LogP contribution in [0.15, 0.2) is 30.3 Å². The Hall–Kier alpha value is -2.10. The molecule has 2 rings (SSSR count). The number of nitrogens with zero attached hydrogens (tertiary/aromatic N) is 2. The molecular weight excluding hydrogens is 238 g/mol. The molecule has 0 aliphatic rings. The summed E-state index contributed by atoms with van der Waals surface area (Å²) >= 11 is 0. The van der Waals surface area contributed by atoms with Gasteiger partial charge in [0.2, 0.25) is 0 Å². The molecule has 2 N–H and O–H groups in total. The van der Waals surface area contributed by atoms with Gasteiger partial charge in [0.25, 0.3) is 0 Å². The number of anilines is 1. The molecular formula is C15H19N3O. The maximum atomic E-state index is 12.1. The summed E-state index contributed by atoms with van der Waals surface area (Å²) in [6.07, 6.45) is 1.72. The number of rotatable bonds is 5. The van der Waals surface area contributed by atoms with E-state index in [0.717, 1.165) is 23.4 Å². The van der Waals surface area contributed by atoms with Crippen LogP contribution in [0.1, 0.15) is 23.9 Å². The van der Waals surface area contributed by atoms with Crippen molar-refractivity contribution in [3.05, 3.63) is 47.3 Å². The number of nitrogens with two attached hydrogens (primary N) is 1. The van der Waals surface area contributed by atoms with Gasteiger partial charge in [0.15, 0.2) is 0 Å². The molecule has 0 saturated heterocycles. The third-order valence-corrected chi connectivity index (χ3v) is 3.12. The van der Waals surface area contributed by atoms with Crippen LogP contribution in [0, 0.1) is 0 Å². The molecule has 2 aromatic rings. The van der Waals surface area contributed by atoms with Crippen LogP contribution in [-0.4, -0.2) is 15.6 Å². The Balaban J connectivity index is 2.03. The van der Waals surface area contributed by atoms with Gasteiger partial charge in [-0.2, -0.15) is 5.10 Å². The quantitative estimate of drug-likeness (QED) is 0.832. The van der Waals surface area contributed by atoms with Crippen LogP contribution in [0.4, 0.5) is 5.69 Å². The van der Waals surface area contributed by atoms with Gasteiger partial charge in [-0.05, 0) is 30.2 Å². The van der Waals surface area contributed by atoms with Crippen molar-refractivity contribution >= 4 is 11.5 Å². The molecule has 4 nitrogen and oxygen atoms in total. The van der Waals surface area contributed by atoms with Gasteiger partial charge in [0, 0.05) is 31.3 Å². The fourth-order valence-corrected chi connectivity index (χ4v) is 2.10. The first-order valence-corrected chi connectivity index (χ1v) is 6.46. The zero-order chi connectivity index (χ0) is 13.8. The zero-order valence-corrected chi connectivity index (χ0v) is 11.4. The van der Waals surface area contributed by atoms with Crippen molar-refractivity contribution in [3.63, 3.8) is 0 Å². The third kappa shape index (κ3) is 3.44. The third-order valence-electron chi connectivity index (χ3n) is 3.12. The van der Waals surface area contributed by atoms with Crippen molar-refractivity contribution in [3.8, 4) is 0 Å². The maximum Gasteiger partial charge on any atom is 0.143 e. The van der Waals surface area contributed by atoms with E-state index in [-0.39, 0.29) is 5.78 Å². The lowest BCUT2D eigenvalue weighted by atomic mass is 10.0. The Morgan fingerprint density at radius 2 is 2.11 bits per heavy atom. The number of aryl methyl sites for hydroxylation is 2. The standard InChI is InChI=1S/C15H19N3O/c1-3-13-9-14(18(2)17-13)10-15(19)8-11-5-4-6-12(16)7-11/h4-7,9H,3,8,10,16H2,1-2H3. The molecule has 100 valence electrons. The SMILES string of the molecule is CCc1cc(CC(=O)Cc2cccc(N)c2)n(C)n1. The number of aromatic nitrogens is 2. The number of hydrogen-bond donors (Lipinski definition) is 1. The lowest BCUT2D eigenvalue weighted by molar-refractivity contribution is -0.117. The van der Waals surface area contributed by atoms with Crippen molar-refractivity contribution in [2.45, 2.75) is 26.2 Å². The fraction of sp³-hybridized carbons (Fsp3) is 0.333. The average Bonchev–Trinajstić information content (AvgIpc) is 2.70. The molecule has 0 bridgehead atoms. The summed E-state index contributed by atoms with van der Waals surface area (Å²) in [5.74, 6) is 0.177. The highest BCUT2D eigenvalue weighted by Gasteiger charge is 2.10.